The van der Waals surface area contributed by atoms with Crippen LogP contribution in [0, 0.1) is 13.8 Å². The standard InChI is InChI=1S/C10H16N2/c1-8-5-6-9(2)11-10(8)7-12(3)4/h5-6H,7H2,1-4H3. The summed E-state index contributed by atoms with van der Waals surface area (Å²) < 4.78 is 0. The minimum Gasteiger partial charge on any atom is -0.304 e. The fourth-order valence-electron chi connectivity index (χ4n) is 1.14. The molecule has 0 radical (unpaired) electrons. The number of aromatic nitrogens is 1. The third-order valence-electron chi connectivity index (χ3n) is 1.81. The Labute approximate surface area is 74.2 Å². The van der Waals surface area contributed by atoms with Crippen LogP contribution >= 0.6 is 0 Å². The van der Waals surface area contributed by atoms with Crippen LogP contribution in [0.15, 0.2) is 12.1 Å². The lowest BCUT2D eigenvalue weighted by Gasteiger charge is -2.11. The first-order chi connectivity index (χ1) is 5.59. The van der Waals surface area contributed by atoms with Crippen LogP contribution in [0.3, 0.4) is 0 Å². The van der Waals surface area contributed by atoms with Crippen molar-refractivity contribution in [3.63, 3.8) is 0 Å². The Hall–Kier alpha value is -0.890. The molecule has 0 aromatic carbocycles. The molecule has 0 atom stereocenters. The van der Waals surface area contributed by atoms with Gasteiger partial charge in [0.1, 0.15) is 0 Å². The number of aryl methyl sites for hydroxylation is 2. The summed E-state index contributed by atoms with van der Waals surface area (Å²) in [6.07, 6.45) is 0. The molecular formula is C10H16N2. The Morgan fingerprint density at radius 1 is 1.25 bits per heavy atom. The Morgan fingerprint density at radius 3 is 2.50 bits per heavy atom. The number of pyridine rings is 1. The van der Waals surface area contributed by atoms with E-state index in [9.17, 15) is 0 Å². The van der Waals surface area contributed by atoms with Gasteiger partial charge in [-0.3, -0.25) is 4.98 Å². The SMILES string of the molecule is Cc1ccc(C)c(CN(C)C)n1. The number of nitrogens with zero attached hydrogens (tertiary/aromatic N) is 2. The van der Waals surface area contributed by atoms with Gasteiger partial charge in [-0.15, -0.1) is 0 Å². The van der Waals surface area contributed by atoms with E-state index in [2.05, 4.69) is 43.0 Å². The summed E-state index contributed by atoms with van der Waals surface area (Å²) in [5.41, 5.74) is 3.55. The summed E-state index contributed by atoms with van der Waals surface area (Å²) in [6.45, 7) is 5.05. The minimum absolute atomic E-state index is 0.924. The average Bonchev–Trinajstić information content (AvgIpc) is 1.96. The van der Waals surface area contributed by atoms with Crippen molar-refractivity contribution >= 4 is 0 Å². The van der Waals surface area contributed by atoms with E-state index >= 15 is 0 Å². The molecule has 2 heteroatoms. The minimum atomic E-state index is 0.924. The monoisotopic (exact) mass is 164 g/mol. The molecule has 0 saturated carbocycles. The second-order valence-electron chi connectivity index (χ2n) is 3.45. The predicted octanol–water partition coefficient (Wildman–Crippen LogP) is 1.76. The van der Waals surface area contributed by atoms with Crippen LogP contribution in [0.25, 0.3) is 0 Å². The Morgan fingerprint density at radius 2 is 1.92 bits per heavy atom. The molecule has 0 N–H and O–H groups in total. The smallest absolute Gasteiger partial charge is 0.0575 e. The van der Waals surface area contributed by atoms with Gasteiger partial charge in [0, 0.05) is 12.2 Å². The van der Waals surface area contributed by atoms with Gasteiger partial charge in [0.15, 0.2) is 0 Å². The van der Waals surface area contributed by atoms with E-state index in [1.165, 1.54) is 11.3 Å². The third kappa shape index (κ3) is 2.31. The van der Waals surface area contributed by atoms with Crippen LogP contribution in [0.2, 0.25) is 0 Å². The first-order valence-electron chi connectivity index (χ1n) is 4.17. The maximum absolute atomic E-state index is 4.47. The highest BCUT2D eigenvalue weighted by Crippen LogP contribution is 2.07. The molecule has 0 unspecified atom stereocenters. The second kappa shape index (κ2) is 3.68. The normalized spacial score (nSPS) is 10.8. The van der Waals surface area contributed by atoms with Crippen LogP contribution in [0.5, 0.6) is 0 Å². The molecule has 1 aromatic rings. The van der Waals surface area contributed by atoms with Crippen molar-refractivity contribution < 1.29 is 0 Å². The zero-order chi connectivity index (χ0) is 9.14. The predicted molar refractivity (Wildman–Crippen MR) is 51.1 cm³/mol. The maximum Gasteiger partial charge on any atom is 0.0575 e. The summed E-state index contributed by atoms with van der Waals surface area (Å²) in [4.78, 5) is 6.60. The van der Waals surface area contributed by atoms with Crippen LogP contribution in [-0.2, 0) is 6.54 Å². The van der Waals surface area contributed by atoms with Crippen molar-refractivity contribution in [2.24, 2.45) is 0 Å². The summed E-state index contributed by atoms with van der Waals surface area (Å²) in [6, 6.07) is 4.18. The highest BCUT2D eigenvalue weighted by Gasteiger charge is 2.00. The van der Waals surface area contributed by atoms with Gasteiger partial charge in [-0.05, 0) is 39.6 Å². The van der Waals surface area contributed by atoms with Crippen LogP contribution in [-0.4, -0.2) is 24.0 Å². The van der Waals surface area contributed by atoms with Crippen molar-refractivity contribution in [2.45, 2.75) is 20.4 Å². The van der Waals surface area contributed by atoms with Gasteiger partial charge in [-0.2, -0.15) is 0 Å². The van der Waals surface area contributed by atoms with Gasteiger partial charge in [0.05, 0.1) is 5.69 Å². The number of hydrogen-bond donors (Lipinski definition) is 0. The van der Waals surface area contributed by atoms with E-state index in [0.717, 1.165) is 12.2 Å². The van der Waals surface area contributed by atoms with Gasteiger partial charge in [-0.1, -0.05) is 6.07 Å². The lowest BCUT2D eigenvalue weighted by molar-refractivity contribution is 0.395. The van der Waals surface area contributed by atoms with Gasteiger partial charge >= 0.3 is 0 Å². The van der Waals surface area contributed by atoms with Crippen LogP contribution in [0.4, 0.5) is 0 Å². The molecule has 66 valence electrons. The first kappa shape index (κ1) is 9.20. The Kier molecular flexibility index (Phi) is 2.82. The molecule has 0 saturated heterocycles. The number of rotatable bonds is 2. The summed E-state index contributed by atoms with van der Waals surface area (Å²) in [5, 5.41) is 0. The average molecular weight is 164 g/mol. The quantitative estimate of drug-likeness (QED) is 0.662. The highest BCUT2D eigenvalue weighted by atomic mass is 15.1. The fourth-order valence-corrected chi connectivity index (χ4v) is 1.14. The Bertz CT molecular complexity index is 267. The van der Waals surface area contributed by atoms with E-state index < -0.39 is 0 Å². The van der Waals surface area contributed by atoms with Crippen LogP contribution < -0.4 is 0 Å². The summed E-state index contributed by atoms with van der Waals surface area (Å²) in [5.74, 6) is 0. The molecule has 0 fully saturated rings. The van der Waals surface area contributed by atoms with E-state index in [1.54, 1.807) is 0 Å². The van der Waals surface area contributed by atoms with Crippen molar-refractivity contribution in [2.75, 3.05) is 14.1 Å². The molecule has 0 aliphatic heterocycles. The van der Waals surface area contributed by atoms with E-state index in [1.807, 2.05) is 6.92 Å². The molecule has 1 rings (SSSR count). The molecule has 0 spiro atoms. The third-order valence-corrected chi connectivity index (χ3v) is 1.81. The topological polar surface area (TPSA) is 16.1 Å². The van der Waals surface area contributed by atoms with E-state index in [4.69, 9.17) is 0 Å². The largest absolute Gasteiger partial charge is 0.304 e. The maximum atomic E-state index is 4.47. The molecule has 0 aliphatic rings. The van der Waals surface area contributed by atoms with Gasteiger partial charge in [0.25, 0.3) is 0 Å². The second-order valence-corrected chi connectivity index (χ2v) is 3.45. The lowest BCUT2D eigenvalue weighted by atomic mass is 10.2. The van der Waals surface area contributed by atoms with E-state index in [-0.39, 0.29) is 0 Å². The van der Waals surface area contributed by atoms with Crippen molar-refractivity contribution in [1.82, 2.24) is 9.88 Å². The summed E-state index contributed by atoms with van der Waals surface area (Å²) in [7, 11) is 4.12. The molecule has 1 heterocycles. The molecule has 2 nitrogen and oxygen atoms in total. The van der Waals surface area contributed by atoms with Crippen molar-refractivity contribution in [1.29, 1.82) is 0 Å². The van der Waals surface area contributed by atoms with Crippen molar-refractivity contribution in [3.05, 3.63) is 29.1 Å². The molecule has 0 amide bonds. The van der Waals surface area contributed by atoms with Gasteiger partial charge in [0.2, 0.25) is 0 Å². The van der Waals surface area contributed by atoms with E-state index in [0.29, 0.717) is 0 Å². The molecular weight excluding hydrogens is 148 g/mol. The molecule has 0 bridgehead atoms. The molecule has 12 heavy (non-hydrogen) atoms. The van der Waals surface area contributed by atoms with Gasteiger partial charge < -0.3 is 4.90 Å². The van der Waals surface area contributed by atoms with Crippen LogP contribution in [0.1, 0.15) is 17.0 Å². The zero-order valence-electron chi connectivity index (χ0n) is 8.26. The van der Waals surface area contributed by atoms with Crippen molar-refractivity contribution in [3.8, 4) is 0 Å². The highest BCUT2D eigenvalue weighted by molar-refractivity contribution is 5.20. The number of hydrogen-bond acceptors (Lipinski definition) is 2. The molecule has 1 aromatic heterocycles. The first-order valence-corrected chi connectivity index (χ1v) is 4.17. The zero-order valence-corrected chi connectivity index (χ0v) is 8.26. The summed E-state index contributed by atoms with van der Waals surface area (Å²) >= 11 is 0. The lowest BCUT2D eigenvalue weighted by Crippen LogP contribution is -2.13. The van der Waals surface area contributed by atoms with Gasteiger partial charge in [-0.25, -0.2) is 0 Å². The fraction of sp³-hybridized carbons (Fsp3) is 0.500. The Balaban J connectivity index is 2.90. The molecule has 0 aliphatic carbocycles.